The Balaban J connectivity index is 2.32. The topological polar surface area (TPSA) is 64.1 Å². The summed E-state index contributed by atoms with van der Waals surface area (Å²) in [7, 11) is 0. The van der Waals surface area contributed by atoms with Gasteiger partial charge < -0.3 is 4.74 Å². The van der Waals surface area contributed by atoms with E-state index in [4.69, 9.17) is 16.3 Å². The Bertz CT molecular complexity index is 494. The van der Waals surface area contributed by atoms with Crippen molar-refractivity contribution in [1.82, 2.24) is 9.55 Å². The molecule has 2 atom stereocenters. The summed E-state index contributed by atoms with van der Waals surface area (Å²) in [6, 6.07) is 0. The first-order chi connectivity index (χ1) is 7.61. The quantitative estimate of drug-likeness (QED) is 0.782. The predicted octanol–water partition coefficient (Wildman–Crippen LogP) is 0.761. The highest BCUT2D eigenvalue weighted by Gasteiger charge is 2.26. The van der Waals surface area contributed by atoms with Gasteiger partial charge >= 0.3 is 5.69 Å². The number of alkyl halides is 1. The van der Waals surface area contributed by atoms with Crippen LogP contribution in [0.2, 0.25) is 0 Å². The maximum Gasteiger partial charge on any atom is 0.330 e. The van der Waals surface area contributed by atoms with E-state index in [0.29, 0.717) is 11.4 Å². The second kappa shape index (κ2) is 4.43. The van der Waals surface area contributed by atoms with Crippen LogP contribution >= 0.6 is 11.6 Å². The third-order valence-electron chi connectivity index (χ3n) is 2.71. The summed E-state index contributed by atoms with van der Waals surface area (Å²) in [5, 5.41) is 0. The van der Waals surface area contributed by atoms with Crippen molar-refractivity contribution < 1.29 is 4.74 Å². The van der Waals surface area contributed by atoms with Gasteiger partial charge in [-0.2, -0.15) is 0 Å². The number of nitrogens with one attached hydrogen (secondary N) is 1. The largest absolute Gasteiger partial charge is 0.353 e. The maximum absolute atomic E-state index is 11.6. The molecule has 1 aromatic heterocycles. The number of aromatic amines is 1. The van der Waals surface area contributed by atoms with Gasteiger partial charge in [-0.15, -0.1) is 11.6 Å². The van der Waals surface area contributed by atoms with E-state index in [9.17, 15) is 9.59 Å². The van der Waals surface area contributed by atoms with Gasteiger partial charge in [-0.05, 0) is 19.8 Å². The minimum atomic E-state index is -0.434. The monoisotopic (exact) mass is 244 g/mol. The molecule has 1 aliphatic heterocycles. The number of halogens is 1. The van der Waals surface area contributed by atoms with Gasteiger partial charge in [0, 0.05) is 17.6 Å². The molecule has 1 fully saturated rings. The molecule has 16 heavy (non-hydrogen) atoms. The van der Waals surface area contributed by atoms with Crippen LogP contribution in [0.1, 0.15) is 24.6 Å². The number of hydrogen-bond donors (Lipinski definition) is 1. The predicted molar refractivity (Wildman–Crippen MR) is 59.9 cm³/mol. The summed E-state index contributed by atoms with van der Waals surface area (Å²) in [5.74, 6) is 0.424. The van der Waals surface area contributed by atoms with E-state index in [1.54, 1.807) is 6.92 Å². The van der Waals surface area contributed by atoms with Crippen molar-refractivity contribution in [2.75, 3.05) is 5.88 Å². The lowest BCUT2D eigenvalue weighted by Gasteiger charge is -2.14. The summed E-state index contributed by atoms with van der Waals surface area (Å²) in [6.45, 7) is 1.66. The van der Waals surface area contributed by atoms with Crippen molar-refractivity contribution in [3.8, 4) is 0 Å². The molecule has 0 spiro atoms. The maximum atomic E-state index is 11.6. The van der Waals surface area contributed by atoms with Crippen LogP contribution in [-0.4, -0.2) is 21.5 Å². The zero-order chi connectivity index (χ0) is 11.7. The number of nitrogens with zero attached hydrogens (tertiary/aromatic N) is 1. The molecule has 0 saturated carbocycles. The lowest BCUT2D eigenvalue weighted by Crippen LogP contribution is -2.33. The van der Waals surface area contributed by atoms with Crippen LogP contribution < -0.4 is 11.2 Å². The average Bonchev–Trinajstić information content (AvgIpc) is 2.71. The van der Waals surface area contributed by atoms with Crippen LogP contribution in [0.4, 0.5) is 0 Å². The standard InChI is InChI=1S/C10H13ClN2O3/c1-6-5-13(10(15)12-9(6)14)8-3-2-7(4-11)16-8/h5,7-8H,2-4H2,1H3,(H,12,14,15)/t7-,8-/m1/s1. The number of rotatable bonds is 2. The van der Waals surface area contributed by atoms with E-state index < -0.39 is 5.69 Å². The third kappa shape index (κ3) is 2.05. The molecule has 5 nitrogen and oxygen atoms in total. The highest BCUT2D eigenvalue weighted by molar-refractivity contribution is 6.18. The molecule has 2 heterocycles. The van der Waals surface area contributed by atoms with Crippen molar-refractivity contribution in [2.24, 2.45) is 0 Å². The van der Waals surface area contributed by atoms with Gasteiger partial charge in [0.1, 0.15) is 6.23 Å². The van der Waals surface area contributed by atoms with Crippen molar-refractivity contribution in [1.29, 1.82) is 0 Å². The smallest absolute Gasteiger partial charge is 0.330 e. The highest BCUT2D eigenvalue weighted by Crippen LogP contribution is 2.27. The second-order valence-corrected chi connectivity index (χ2v) is 4.23. The van der Waals surface area contributed by atoms with Crippen LogP contribution in [-0.2, 0) is 4.74 Å². The number of ether oxygens (including phenoxy) is 1. The highest BCUT2D eigenvalue weighted by atomic mass is 35.5. The van der Waals surface area contributed by atoms with E-state index >= 15 is 0 Å². The van der Waals surface area contributed by atoms with Crippen LogP contribution in [0.3, 0.4) is 0 Å². The van der Waals surface area contributed by atoms with Crippen LogP contribution in [0.25, 0.3) is 0 Å². The van der Waals surface area contributed by atoms with Crippen molar-refractivity contribution >= 4 is 11.6 Å². The summed E-state index contributed by atoms with van der Waals surface area (Å²) < 4.78 is 7.00. The first kappa shape index (κ1) is 11.4. The molecule has 1 aromatic rings. The van der Waals surface area contributed by atoms with Crippen molar-refractivity contribution in [2.45, 2.75) is 32.1 Å². The number of aromatic nitrogens is 2. The lowest BCUT2D eigenvalue weighted by molar-refractivity contribution is 0.00932. The van der Waals surface area contributed by atoms with Crippen LogP contribution in [0.15, 0.2) is 15.8 Å². The zero-order valence-corrected chi connectivity index (χ0v) is 9.66. The molecule has 0 unspecified atom stereocenters. The SMILES string of the molecule is Cc1cn([C@H]2CC[C@H](CCl)O2)c(=O)[nH]c1=O. The van der Waals surface area contributed by atoms with E-state index in [0.717, 1.165) is 12.8 Å². The van der Waals surface area contributed by atoms with Gasteiger partial charge in [0.2, 0.25) is 0 Å². The normalized spacial score (nSPS) is 24.9. The molecule has 0 bridgehead atoms. The summed E-state index contributed by atoms with van der Waals surface area (Å²) in [4.78, 5) is 25.0. The molecule has 0 aliphatic carbocycles. The fraction of sp³-hybridized carbons (Fsp3) is 0.600. The van der Waals surface area contributed by atoms with Gasteiger partial charge in [-0.3, -0.25) is 14.3 Å². The van der Waals surface area contributed by atoms with Crippen LogP contribution in [0.5, 0.6) is 0 Å². The first-order valence-corrected chi connectivity index (χ1v) is 5.68. The molecule has 1 aliphatic rings. The van der Waals surface area contributed by atoms with Gasteiger partial charge in [0.25, 0.3) is 5.56 Å². The fourth-order valence-electron chi connectivity index (χ4n) is 1.80. The molecule has 6 heteroatoms. The van der Waals surface area contributed by atoms with Gasteiger partial charge in [-0.1, -0.05) is 0 Å². The van der Waals surface area contributed by atoms with E-state index in [2.05, 4.69) is 4.98 Å². The molecule has 2 rings (SSSR count). The Morgan fingerprint density at radius 1 is 1.56 bits per heavy atom. The Kier molecular flexibility index (Phi) is 3.16. The lowest BCUT2D eigenvalue weighted by atomic mass is 10.2. The summed E-state index contributed by atoms with van der Waals surface area (Å²) >= 11 is 5.69. The molecule has 0 amide bonds. The molecule has 1 N–H and O–H groups in total. The first-order valence-electron chi connectivity index (χ1n) is 5.15. The molecule has 0 radical (unpaired) electrons. The Morgan fingerprint density at radius 2 is 2.31 bits per heavy atom. The molecular weight excluding hydrogens is 232 g/mol. The minimum absolute atomic E-state index is 0.00852. The van der Waals surface area contributed by atoms with Gasteiger partial charge in [0.15, 0.2) is 0 Å². The molecular formula is C10H13ClN2O3. The minimum Gasteiger partial charge on any atom is -0.353 e. The summed E-state index contributed by atoms with van der Waals surface area (Å²) in [5.41, 5.74) is -0.290. The van der Waals surface area contributed by atoms with Crippen molar-refractivity contribution in [3.63, 3.8) is 0 Å². The van der Waals surface area contributed by atoms with Gasteiger partial charge in [-0.25, -0.2) is 4.79 Å². The molecule has 88 valence electrons. The van der Waals surface area contributed by atoms with Gasteiger partial charge in [0.05, 0.1) is 6.10 Å². The molecule has 0 aromatic carbocycles. The molecule has 1 saturated heterocycles. The number of aryl methyl sites for hydroxylation is 1. The Hall–Kier alpha value is -1.07. The Morgan fingerprint density at radius 3 is 2.94 bits per heavy atom. The zero-order valence-electron chi connectivity index (χ0n) is 8.90. The van der Waals surface area contributed by atoms with Crippen LogP contribution in [0, 0.1) is 6.92 Å². The summed E-state index contributed by atoms with van der Waals surface area (Å²) in [6.07, 6.45) is 2.78. The van der Waals surface area contributed by atoms with E-state index in [1.807, 2.05) is 0 Å². The number of hydrogen-bond acceptors (Lipinski definition) is 3. The van der Waals surface area contributed by atoms with E-state index in [-0.39, 0.29) is 17.9 Å². The Labute approximate surface area is 97.0 Å². The average molecular weight is 245 g/mol. The second-order valence-electron chi connectivity index (χ2n) is 3.92. The number of H-pyrrole nitrogens is 1. The van der Waals surface area contributed by atoms with E-state index in [1.165, 1.54) is 10.8 Å². The third-order valence-corrected chi connectivity index (χ3v) is 3.06. The van der Waals surface area contributed by atoms with Crippen molar-refractivity contribution in [3.05, 3.63) is 32.6 Å². The fourth-order valence-corrected chi connectivity index (χ4v) is 2.03.